The van der Waals surface area contributed by atoms with Gasteiger partial charge in [0.2, 0.25) is 0 Å². The van der Waals surface area contributed by atoms with Gasteiger partial charge in [0.05, 0.1) is 13.7 Å². The summed E-state index contributed by atoms with van der Waals surface area (Å²) < 4.78 is 23.9. The Morgan fingerprint density at radius 2 is 1.87 bits per heavy atom. The van der Waals surface area contributed by atoms with Gasteiger partial charge in [-0.2, -0.15) is 0 Å². The van der Waals surface area contributed by atoms with Crippen LogP contribution in [-0.4, -0.2) is 31.3 Å². The van der Waals surface area contributed by atoms with Crippen molar-refractivity contribution >= 4 is 22.5 Å². The number of hydrogen-bond donors (Lipinski definition) is 1. The van der Waals surface area contributed by atoms with E-state index in [2.05, 4.69) is 9.88 Å². The summed E-state index contributed by atoms with van der Waals surface area (Å²) in [6, 6.07) is 18.5. The second-order valence-corrected chi connectivity index (χ2v) is 6.94. The van der Waals surface area contributed by atoms with Crippen LogP contribution in [0, 0.1) is 0 Å². The van der Waals surface area contributed by atoms with E-state index in [1.165, 1.54) is 0 Å². The van der Waals surface area contributed by atoms with Gasteiger partial charge in [0.15, 0.2) is 17.3 Å². The number of anilines is 1. The van der Waals surface area contributed by atoms with E-state index < -0.39 is 0 Å². The Balaban J connectivity index is 1.39. The van der Waals surface area contributed by atoms with E-state index in [0.717, 1.165) is 17.4 Å². The highest BCUT2D eigenvalue weighted by atomic mass is 16.5. The Kier molecular flexibility index (Phi) is 6.24. The zero-order valence-electron chi connectivity index (χ0n) is 17.5. The van der Waals surface area contributed by atoms with Crippen LogP contribution in [0.5, 0.6) is 11.5 Å². The van der Waals surface area contributed by atoms with Crippen molar-refractivity contribution in [3.63, 3.8) is 0 Å². The van der Waals surface area contributed by atoms with Crippen LogP contribution in [0.4, 0.5) is 5.69 Å². The number of methoxy groups -OCH3 is 2. The number of para-hydroxylation sites is 2. The molecule has 0 fully saturated rings. The summed E-state index contributed by atoms with van der Waals surface area (Å²) in [5.74, 6) is 1.69. The van der Waals surface area contributed by atoms with Crippen LogP contribution in [0.15, 0.2) is 71.3 Å². The molecule has 0 atom stereocenters. The molecule has 4 aromatic rings. The second-order valence-electron chi connectivity index (χ2n) is 6.94. The molecule has 31 heavy (non-hydrogen) atoms. The zero-order chi connectivity index (χ0) is 21.6. The van der Waals surface area contributed by atoms with Crippen LogP contribution in [-0.2, 0) is 17.9 Å². The van der Waals surface area contributed by atoms with E-state index in [-0.39, 0.29) is 18.3 Å². The largest absolute Gasteiger partial charge is 0.493 e. The molecular weight excluding hydrogens is 396 g/mol. The van der Waals surface area contributed by atoms with E-state index in [9.17, 15) is 4.79 Å². The molecule has 0 saturated carbocycles. The maximum Gasteiger partial charge on any atom is 0.291 e. The van der Waals surface area contributed by atoms with Crippen molar-refractivity contribution in [2.24, 2.45) is 0 Å². The molecule has 1 amide bonds. The van der Waals surface area contributed by atoms with Gasteiger partial charge in [-0.1, -0.05) is 12.1 Å². The number of carbonyl (C=O) groups is 1. The number of ether oxygens (including phenoxy) is 3. The lowest BCUT2D eigenvalue weighted by Crippen LogP contribution is -2.10. The van der Waals surface area contributed by atoms with Crippen molar-refractivity contribution in [1.82, 2.24) is 4.57 Å². The first-order chi connectivity index (χ1) is 15.2. The summed E-state index contributed by atoms with van der Waals surface area (Å²) in [7, 11) is 3.27. The standard InChI is InChI=1S/C24H24N2O5/c1-28-14-13-26-12-11-17-15-18(7-9-20(17)26)25-24(27)23-10-8-19(31-23)16-30-22-6-4-3-5-21(22)29-2/h3-12,15H,13-14,16H2,1-2H3,(H,25,27). The summed E-state index contributed by atoms with van der Waals surface area (Å²) >= 11 is 0. The minimum atomic E-state index is -0.318. The van der Waals surface area contributed by atoms with E-state index in [0.29, 0.717) is 29.6 Å². The number of fused-ring (bicyclic) bond motifs is 1. The summed E-state index contributed by atoms with van der Waals surface area (Å²) in [4.78, 5) is 12.6. The van der Waals surface area contributed by atoms with Crippen molar-refractivity contribution in [1.29, 1.82) is 0 Å². The van der Waals surface area contributed by atoms with Gasteiger partial charge in [-0.15, -0.1) is 0 Å². The zero-order valence-corrected chi connectivity index (χ0v) is 17.5. The smallest absolute Gasteiger partial charge is 0.291 e. The number of aromatic nitrogens is 1. The van der Waals surface area contributed by atoms with Gasteiger partial charge in [-0.25, -0.2) is 0 Å². The molecule has 2 aromatic heterocycles. The van der Waals surface area contributed by atoms with Gasteiger partial charge in [-0.05, 0) is 48.5 Å². The second kappa shape index (κ2) is 9.40. The van der Waals surface area contributed by atoms with Crippen molar-refractivity contribution in [2.75, 3.05) is 26.1 Å². The molecule has 7 heteroatoms. The monoisotopic (exact) mass is 420 g/mol. The topological polar surface area (TPSA) is 74.9 Å². The highest BCUT2D eigenvalue weighted by molar-refractivity contribution is 6.03. The highest BCUT2D eigenvalue weighted by Gasteiger charge is 2.13. The molecule has 1 N–H and O–H groups in total. The predicted octanol–water partition coefficient (Wildman–Crippen LogP) is 4.72. The number of amides is 1. The van der Waals surface area contributed by atoms with Crippen molar-refractivity contribution < 1.29 is 23.4 Å². The first kappa shape index (κ1) is 20.6. The first-order valence-electron chi connectivity index (χ1n) is 9.91. The van der Waals surface area contributed by atoms with Crippen LogP contribution in [0.3, 0.4) is 0 Å². The van der Waals surface area contributed by atoms with Gasteiger partial charge in [-0.3, -0.25) is 4.79 Å². The summed E-state index contributed by atoms with van der Waals surface area (Å²) in [6.45, 7) is 1.61. The molecule has 0 bridgehead atoms. The molecule has 7 nitrogen and oxygen atoms in total. The third-order valence-electron chi connectivity index (χ3n) is 4.89. The lowest BCUT2D eigenvalue weighted by Gasteiger charge is -2.09. The van der Waals surface area contributed by atoms with Crippen LogP contribution in [0.25, 0.3) is 10.9 Å². The Bertz CT molecular complexity index is 1180. The van der Waals surface area contributed by atoms with Gasteiger partial charge < -0.3 is 28.5 Å². The molecule has 0 spiro atoms. The first-order valence-corrected chi connectivity index (χ1v) is 9.91. The molecule has 0 saturated heterocycles. The van der Waals surface area contributed by atoms with Gasteiger partial charge >= 0.3 is 0 Å². The number of carbonyl (C=O) groups excluding carboxylic acids is 1. The average molecular weight is 420 g/mol. The maximum atomic E-state index is 12.6. The van der Waals surface area contributed by atoms with Gasteiger partial charge in [0, 0.05) is 36.4 Å². The van der Waals surface area contributed by atoms with E-state index in [1.54, 1.807) is 26.4 Å². The normalized spacial score (nSPS) is 10.9. The highest BCUT2D eigenvalue weighted by Crippen LogP contribution is 2.27. The van der Waals surface area contributed by atoms with Crippen molar-refractivity contribution in [3.8, 4) is 11.5 Å². The van der Waals surface area contributed by atoms with Crippen LogP contribution in [0.2, 0.25) is 0 Å². The van der Waals surface area contributed by atoms with E-state index >= 15 is 0 Å². The number of furan rings is 1. The third kappa shape index (κ3) is 4.73. The minimum absolute atomic E-state index is 0.189. The number of nitrogens with zero attached hydrogens (tertiary/aromatic N) is 1. The Morgan fingerprint density at radius 1 is 1.03 bits per heavy atom. The molecule has 0 aliphatic rings. The fourth-order valence-electron chi connectivity index (χ4n) is 3.32. The van der Waals surface area contributed by atoms with Gasteiger partial charge in [0.25, 0.3) is 5.91 Å². The van der Waals surface area contributed by atoms with Crippen molar-refractivity contribution in [2.45, 2.75) is 13.2 Å². The summed E-state index contributed by atoms with van der Waals surface area (Å²) in [5, 5.41) is 3.92. The fraction of sp³-hybridized carbons (Fsp3) is 0.208. The number of rotatable bonds is 9. The average Bonchev–Trinajstić information content (AvgIpc) is 3.43. The van der Waals surface area contributed by atoms with Crippen molar-refractivity contribution in [3.05, 3.63) is 78.4 Å². The summed E-state index contributed by atoms with van der Waals surface area (Å²) in [5.41, 5.74) is 1.79. The number of benzene rings is 2. The summed E-state index contributed by atoms with van der Waals surface area (Å²) in [6.07, 6.45) is 2.01. The predicted molar refractivity (Wildman–Crippen MR) is 118 cm³/mol. The van der Waals surface area contributed by atoms with E-state index in [1.807, 2.05) is 54.7 Å². The Labute approximate surface area is 180 Å². The lowest BCUT2D eigenvalue weighted by molar-refractivity contribution is 0.0992. The quantitative estimate of drug-likeness (QED) is 0.424. The molecule has 0 radical (unpaired) electrons. The SMILES string of the molecule is COCCn1ccc2cc(NC(=O)c3ccc(COc4ccccc4OC)o3)ccc21. The molecule has 4 rings (SSSR count). The minimum Gasteiger partial charge on any atom is -0.493 e. The molecular formula is C24H24N2O5. The Hall–Kier alpha value is -3.71. The fourth-order valence-corrected chi connectivity index (χ4v) is 3.32. The molecule has 2 aromatic carbocycles. The number of nitrogens with one attached hydrogen (secondary N) is 1. The maximum absolute atomic E-state index is 12.6. The molecule has 0 aliphatic carbocycles. The van der Waals surface area contributed by atoms with Gasteiger partial charge in [0.1, 0.15) is 12.4 Å². The van der Waals surface area contributed by atoms with Crippen LogP contribution >= 0.6 is 0 Å². The number of hydrogen-bond acceptors (Lipinski definition) is 5. The molecule has 0 aliphatic heterocycles. The lowest BCUT2D eigenvalue weighted by atomic mass is 10.2. The van der Waals surface area contributed by atoms with Crippen LogP contribution < -0.4 is 14.8 Å². The third-order valence-corrected chi connectivity index (χ3v) is 4.89. The van der Waals surface area contributed by atoms with Crippen LogP contribution in [0.1, 0.15) is 16.3 Å². The molecule has 0 unspecified atom stereocenters. The molecule has 160 valence electrons. The van der Waals surface area contributed by atoms with E-state index in [4.69, 9.17) is 18.6 Å². The Morgan fingerprint density at radius 3 is 2.68 bits per heavy atom. The molecule has 2 heterocycles.